The molecule has 3 N–H and O–H groups in total. The van der Waals surface area contributed by atoms with Crippen molar-refractivity contribution >= 4 is 41.3 Å². The van der Waals surface area contributed by atoms with E-state index in [0.717, 1.165) is 30.8 Å². The minimum atomic E-state index is 0. The number of benzene rings is 1. The second-order valence-electron chi connectivity index (χ2n) is 6.87. The molecule has 2 unspecified atom stereocenters. The molecule has 2 atom stereocenters. The van der Waals surface area contributed by atoms with Gasteiger partial charge in [0.25, 0.3) is 0 Å². The molecule has 5 nitrogen and oxygen atoms in total. The first kappa shape index (κ1) is 20.4. The Bertz CT molecular complexity index is 746. The standard InChI is InChI=1S/C20H26N4OS.HI/c21-20(23-16-9-12-25-18-7-2-1-6-15(16)18)22-14-17(19-8-5-13-26-19)24-10-3-4-11-24;/h1-2,5-8,13,16-17H,3-4,9-12,14H2,(H3,21,22,23);1H. The number of guanidine groups is 1. The molecule has 0 aliphatic carbocycles. The second-order valence-corrected chi connectivity index (χ2v) is 7.85. The summed E-state index contributed by atoms with van der Waals surface area (Å²) in [7, 11) is 0. The summed E-state index contributed by atoms with van der Waals surface area (Å²) >= 11 is 1.81. The number of nitrogens with two attached hydrogens (primary N) is 1. The number of para-hydroxylation sites is 1. The predicted molar refractivity (Wildman–Crippen MR) is 122 cm³/mol. The molecule has 0 bridgehead atoms. The van der Waals surface area contributed by atoms with E-state index in [0.29, 0.717) is 25.2 Å². The van der Waals surface area contributed by atoms with Gasteiger partial charge in [-0.05, 0) is 43.4 Å². The zero-order valence-corrected chi connectivity index (χ0v) is 18.5. The summed E-state index contributed by atoms with van der Waals surface area (Å²) in [6.07, 6.45) is 3.45. The highest BCUT2D eigenvalue weighted by Crippen LogP contribution is 2.31. The van der Waals surface area contributed by atoms with Gasteiger partial charge in [-0.2, -0.15) is 0 Å². The van der Waals surface area contributed by atoms with Gasteiger partial charge in [0.05, 0.1) is 25.2 Å². The zero-order valence-electron chi connectivity index (χ0n) is 15.3. The molecule has 1 aromatic heterocycles. The van der Waals surface area contributed by atoms with Gasteiger partial charge >= 0.3 is 0 Å². The van der Waals surface area contributed by atoms with Crippen LogP contribution in [0.2, 0.25) is 0 Å². The van der Waals surface area contributed by atoms with Gasteiger partial charge in [0.2, 0.25) is 0 Å². The maximum atomic E-state index is 6.24. The summed E-state index contributed by atoms with van der Waals surface area (Å²) in [6, 6.07) is 13.0. The Kier molecular flexibility index (Phi) is 7.37. The van der Waals surface area contributed by atoms with E-state index in [-0.39, 0.29) is 30.0 Å². The summed E-state index contributed by atoms with van der Waals surface area (Å²) in [5, 5.41) is 5.54. The Morgan fingerprint density at radius 2 is 2.07 bits per heavy atom. The van der Waals surface area contributed by atoms with E-state index in [2.05, 4.69) is 33.8 Å². The number of nitrogens with one attached hydrogen (secondary N) is 1. The molecule has 3 heterocycles. The fourth-order valence-electron chi connectivity index (χ4n) is 3.82. The van der Waals surface area contributed by atoms with Crippen LogP contribution in [0.4, 0.5) is 0 Å². The van der Waals surface area contributed by atoms with E-state index in [1.54, 1.807) is 0 Å². The van der Waals surface area contributed by atoms with Crippen LogP contribution < -0.4 is 15.8 Å². The lowest BCUT2D eigenvalue weighted by atomic mass is 10.0. The van der Waals surface area contributed by atoms with Crippen molar-refractivity contribution in [3.05, 3.63) is 52.2 Å². The van der Waals surface area contributed by atoms with Crippen LogP contribution in [0.3, 0.4) is 0 Å². The summed E-state index contributed by atoms with van der Waals surface area (Å²) in [6.45, 7) is 3.70. The van der Waals surface area contributed by atoms with Crippen LogP contribution in [-0.4, -0.2) is 37.1 Å². The highest BCUT2D eigenvalue weighted by molar-refractivity contribution is 14.0. The van der Waals surface area contributed by atoms with Crippen molar-refractivity contribution in [1.82, 2.24) is 10.2 Å². The molecule has 27 heavy (non-hydrogen) atoms. The quantitative estimate of drug-likeness (QED) is 0.373. The van der Waals surface area contributed by atoms with E-state index in [1.807, 2.05) is 29.5 Å². The molecule has 0 amide bonds. The highest BCUT2D eigenvalue weighted by atomic mass is 127. The maximum absolute atomic E-state index is 6.24. The van der Waals surface area contributed by atoms with Gasteiger partial charge in [-0.1, -0.05) is 24.3 Å². The first-order chi connectivity index (χ1) is 12.8. The van der Waals surface area contributed by atoms with Crippen LogP contribution in [0.1, 0.15) is 41.8 Å². The van der Waals surface area contributed by atoms with Gasteiger partial charge in [0.1, 0.15) is 5.75 Å². The van der Waals surface area contributed by atoms with E-state index >= 15 is 0 Å². The van der Waals surface area contributed by atoms with E-state index in [9.17, 15) is 0 Å². The molecular weight excluding hydrogens is 471 g/mol. The molecule has 1 fully saturated rings. The Morgan fingerprint density at radius 3 is 2.85 bits per heavy atom. The van der Waals surface area contributed by atoms with Crippen molar-refractivity contribution in [2.24, 2.45) is 10.7 Å². The largest absolute Gasteiger partial charge is 0.493 e. The fraction of sp³-hybridized carbons (Fsp3) is 0.450. The van der Waals surface area contributed by atoms with Gasteiger partial charge in [0.15, 0.2) is 5.96 Å². The highest BCUT2D eigenvalue weighted by Gasteiger charge is 2.25. The molecular formula is C20H27IN4OS. The number of nitrogens with zero attached hydrogens (tertiary/aromatic N) is 2. The first-order valence-electron chi connectivity index (χ1n) is 9.37. The van der Waals surface area contributed by atoms with Crippen molar-refractivity contribution in [3.63, 3.8) is 0 Å². The smallest absolute Gasteiger partial charge is 0.189 e. The number of thiophene rings is 1. The first-order valence-corrected chi connectivity index (χ1v) is 10.2. The van der Waals surface area contributed by atoms with E-state index in [1.165, 1.54) is 17.7 Å². The molecule has 4 rings (SSSR count). The molecule has 2 aliphatic rings. The Morgan fingerprint density at radius 1 is 1.26 bits per heavy atom. The molecule has 0 saturated carbocycles. The molecule has 2 aliphatic heterocycles. The number of fused-ring (bicyclic) bond motifs is 1. The summed E-state index contributed by atoms with van der Waals surface area (Å²) in [5.41, 5.74) is 7.40. The third-order valence-corrected chi connectivity index (χ3v) is 6.14. The second kappa shape index (κ2) is 9.75. The molecule has 146 valence electrons. The minimum Gasteiger partial charge on any atom is -0.493 e. The summed E-state index contributed by atoms with van der Waals surface area (Å²) < 4.78 is 5.72. The van der Waals surface area contributed by atoms with Crippen LogP contribution in [-0.2, 0) is 0 Å². The zero-order chi connectivity index (χ0) is 17.8. The average Bonchev–Trinajstić information content (AvgIpc) is 3.37. The number of halogens is 1. The summed E-state index contributed by atoms with van der Waals surface area (Å²) in [4.78, 5) is 8.61. The van der Waals surface area contributed by atoms with Crippen LogP contribution in [0.5, 0.6) is 5.75 Å². The van der Waals surface area contributed by atoms with Crippen molar-refractivity contribution < 1.29 is 4.74 Å². The Labute approximate surface area is 182 Å². The lowest BCUT2D eigenvalue weighted by Gasteiger charge is -2.28. The van der Waals surface area contributed by atoms with Crippen LogP contribution >= 0.6 is 35.3 Å². The van der Waals surface area contributed by atoms with Crippen molar-refractivity contribution in [2.75, 3.05) is 26.2 Å². The van der Waals surface area contributed by atoms with Gasteiger partial charge in [-0.3, -0.25) is 9.89 Å². The predicted octanol–water partition coefficient (Wildman–Crippen LogP) is 3.93. The topological polar surface area (TPSA) is 62.9 Å². The molecule has 1 saturated heterocycles. The number of likely N-dealkylation sites (tertiary alicyclic amines) is 1. The lowest BCUT2D eigenvalue weighted by Crippen LogP contribution is -2.38. The number of aliphatic imine (C=N–C) groups is 1. The third kappa shape index (κ3) is 4.94. The van der Waals surface area contributed by atoms with Crippen LogP contribution in [0.25, 0.3) is 0 Å². The Balaban J connectivity index is 0.00000210. The van der Waals surface area contributed by atoms with Gasteiger partial charge in [-0.25, -0.2) is 0 Å². The number of hydrogen-bond donors (Lipinski definition) is 2. The third-order valence-electron chi connectivity index (χ3n) is 5.17. The maximum Gasteiger partial charge on any atom is 0.189 e. The van der Waals surface area contributed by atoms with Crippen LogP contribution in [0.15, 0.2) is 46.8 Å². The molecule has 7 heteroatoms. The van der Waals surface area contributed by atoms with E-state index in [4.69, 9.17) is 15.5 Å². The minimum absolute atomic E-state index is 0. The van der Waals surface area contributed by atoms with Gasteiger partial charge in [-0.15, -0.1) is 35.3 Å². The molecule has 0 radical (unpaired) electrons. The number of rotatable bonds is 5. The van der Waals surface area contributed by atoms with E-state index < -0.39 is 0 Å². The summed E-state index contributed by atoms with van der Waals surface area (Å²) in [5.74, 6) is 1.46. The lowest BCUT2D eigenvalue weighted by molar-refractivity contribution is 0.254. The number of ether oxygens (including phenoxy) is 1. The van der Waals surface area contributed by atoms with Gasteiger partial charge in [0, 0.05) is 16.9 Å². The van der Waals surface area contributed by atoms with Gasteiger partial charge < -0.3 is 15.8 Å². The Hall–Kier alpha value is -1.32. The normalized spacial score (nSPS) is 21.0. The molecule has 0 spiro atoms. The SMILES string of the molecule is I.NC(=NCC(c1cccs1)N1CCCC1)NC1CCOc2ccccc21. The molecule has 2 aromatic rings. The average molecular weight is 498 g/mol. The molecule has 1 aromatic carbocycles. The van der Waals surface area contributed by atoms with Crippen LogP contribution in [0, 0.1) is 0 Å². The monoisotopic (exact) mass is 498 g/mol. The van der Waals surface area contributed by atoms with Crippen molar-refractivity contribution in [2.45, 2.75) is 31.3 Å². The van der Waals surface area contributed by atoms with Crippen molar-refractivity contribution in [1.29, 1.82) is 0 Å². The number of hydrogen-bond acceptors (Lipinski definition) is 4. The fourth-order valence-corrected chi connectivity index (χ4v) is 4.67. The van der Waals surface area contributed by atoms with Crippen molar-refractivity contribution in [3.8, 4) is 5.75 Å².